The quantitative estimate of drug-likeness (QED) is 0.129. The molecule has 2 aliphatic heterocycles. The van der Waals surface area contributed by atoms with Crippen molar-refractivity contribution in [1.82, 2.24) is 19.6 Å². The van der Waals surface area contributed by atoms with E-state index in [1.54, 1.807) is 0 Å². The first-order valence-electron chi connectivity index (χ1n) is 27.6. The third kappa shape index (κ3) is 14.6. The van der Waals surface area contributed by atoms with Crippen LogP contribution in [-0.2, 0) is 29.3 Å². The van der Waals surface area contributed by atoms with E-state index in [1.165, 1.54) is 62.8 Å². The number of alkyl halides is 6. The fourth-order valence-electron chi connectivity index (χ4n) is 12.1. The molecule has 2 aliphatic carbocycles. The number of nitrogens with zero attached hydrogens (tertiary/aromatic N) is 4. The molecule has 2 saturated carbocycles. The van der Waals surface area contributed by atoms with Gasteiger partial charge in [-0.1, -0.05) is 165 Å². The Morgan fingerprint density at radius 2 is 0.744 bits per heavy atom. The molecule has 4 aliphatic rings. The van der Waals surface area contributed by atoms with Gasteiger partial charge in [-0.2, -0.15) is 26.3 Å². The monoisotopic (exact) mass is 1130 g/mol. The van der Waals surface area contributed by atoms with Crippen molar-refractivity contribution in [3.63, 3.8) is 0 Å². The van der Waals surface area contributed by atoms with Gasteiger partial charge in [0, 0.05) is 64.2 Å². The molecule has 2 heterocycles. The van der Waals surface area contributed by atoms with Crippen LogP contribution >= 0.6 is 0 Å². The largest absolute Gasteiger partial charge is 0.501 e. The molecule has 2 amide bonds. The zero-order valence-electron chi connectivity index (χ0n) is 45.9. The number of piperazine rings is 2. The Bertz CT molecular complexity index is 2630. The van der Waals surface area contributed by atoms with E-state index in [2.05, 4.69) is 51.3 Å². The molecule has 0 bridgehead atoms. The van der Waals surface area contributed by atoms with Crippen molar-refractivity contribution in [1.29, 1.82) is 0 Å². The Morgan fingerprint density at radius 3 is 1.03 bits per heavy atom. The van der Waals surface area contributed by atoms with E-state index in [4.69, 9.17) is 0 Å². The van der Waals surface area contributed by atoms with E-state index < -0.39 is 40.5 Å². The summed E-state index contributed by atoms with van der Waals surface area (Å²) in [6, 6.07) is 28.7. The van der Waals surface area contributed by atoms with E-state index in [9.17, 15) is 52.8 Å². The standard InChI is InChI=1S/2C30H39F3N2O3S/c2*1-29(2,3)26-21-34(18-19-35(26)27(36)20-22-10-6-4-7-11-22)28(23-12-8-5-9-13-23)24-14-16-25(17-15-24)39(37,38)30(31,32)33/h2*5,8-9,12-17,22,26,28H,4,6-7,10-11,18-21H2,1-3H3/t2*26-,28?/m11/s1. The Morgan fingerprint density at radius 1 is 0.449 bits per heavy atom. The lowest BCUT2D eigenvalue weighted by molar-refractivity contribution is -0.142. The first-order chi connectivity index (χ1) is 36.6. The summed E-state index contributed by atoms with van der Waals surface area (Å²) >= 11 is 0. The minimum absolute atomic E-state index is 0.0431. The lowest BCUT2D eigenvalue weighted by Gasteiger charge is -2.49. The maximum absolute atomic E-state index is 13.5. The summed E-state index contributed by atoms with van der Waals surface area (Å²) < 4.78 is 126. The molecule has 4 fully saturated rings. The van der Waals surface area contributed by atoms with Gasteiger partial charge >= 0.3 is 11.0 Å². The highest BCUT2D eigenvalue weighted by Gasteiger charge is 2.49. The van der Waals surface area contributed by atoms with E-state index in [-0.39, 0.29) is 46.8 Å². The lowest BCUT2D eigenvalue weighted by atomic mass is 9.82. The van der Waals surface area contributed by atoms with Crippen molar-refractivity contribution in [2.45, 2.75) is 164 Å². The minimum Gasteiger partial charge on any atom is -0.337 e. The SMILES string of the molecule is CC(C)(C)[C@H]1CN(C(c2ccccc2)c2ccc(S(=O)(=O)C(F)(F)F)cc2)CCN1C(=O)CC1CCCCC1.CC(C)(C)[C@H]1CN(C(c2ccccc2)c2ccc(S(=O)(=O)C(F)(F)F)cc2)CCN1C(=O)CC1CCCCC1. The fraction of sp³-hybridized carbons (Fsp3) is 0.567. The number of rotatable bonds is 12. The molecule has 0 N–H and O–H groups in total. The third-order valence-electron chi connectivity index (χ3n) is 16.4. The van der Waals surface area contributed by atoms with Crippen LogP contribution in [0, 0.1) is 22.7 Å². The summed E-state index contributed by atoms with van der Waals surface area (Å²) in [5.41, 5.74) is -7.76. The second kappa shape index (κ2) is 24.9. The van der Waals surface area contributed by atoms with Crippen molar-refractivity contribution in [3.8, 4) is 0 Å². The van der Waals surface area contributed by atoms with Crippen molar-refractivity contribution < 1.29 is 52.8 Å². The van der Waals surface area contributed by atoms with Gasteiger partial charge < -0.3 is 9.80 Å². The van der Waals surface area contributed by atoms with Gasteiger partial charge in [-0.15, -0.1) is 0 Å². The van der Waals surface area contributed by atoms with E-state index >= 15 is 0 Å². The summed E-state index contributed by atoms with van der Waals surface area (Å²) in [4.78, 5) is 34.1. The summed E-state index contributed by atoms with van der Waals surface area (Å²) in [7, 11) is -10.8. The molecule has 0 aromatic heterocycles. The van der Waals surface area contributed by atoms with Gasteiger partial charge in [0.25, 0.3) is 19.7 Å². The number of hydrogen-bond acceptors (Lipinski definition) is 8. The van der Waals surface area contributed by atoms with Crippen LogP contribution in [0.1, 0.15) is 153 Å². The lowest BCUT2D eigenvalue weighted by Crippen LogP contribution is -2.60. The molecule has 18 heteroatoms. The average molecular weight is 1130 g/mol. The Labute approximate surface area is 458 Å². The van der Waals surface area contributed by atoms with Gasteiger partial charge in [-0.3, -0.25) is 19.4 Å². The molecule has 2 saturated heterocycles. The number of carbonyl (C=O) groups is 2. The van der Waals surface area contributed by atoms with Crippen LogP contribution in [0.4, 0.5) is 26.3 Å². The van der Waals surface area contributed by atoms with E-state index in [0.29, 0.717) is 75.1 Å². The number of hydrogen-bond donors (Lipinski definition) is 0. The average Bonchev–Trinajstić information content (AvgIpc) is 3.54. The van der Waals surface area contributed by atoms with Gasteiger partial charge in [-0.25, -0.2) is 16.8 Å². The van der Waals surface area contributed by atoms with Gasteiger partial charge in [0.1, 0.15) is 0 Å². The summed E-state index contributed by atoms with van der Waals surface area (Å²) in [6.07, 6.45) is 12.9. The van der Waals surface area contributed by atoms with Crippen LogP contribution in [0.15, 0.2) is 119 Å². The molecule has 0 radical (unpaired) electrons. The molecule has 4 atom stereocenters. The number of carbonyl (C=O) groups excluding carboxylic acids is 2. The van der Waals surface area contributed by atoms with E-state index in [0.717, 1.165) is 61.1 Å². The van der Waals surface area contributed by atoms with Gasteiger partial charge in [-0.05, 0) is 94.9 Å². The number of sulfone groups is 2. The highest BCUT2D eigenvalue weighted by atomic mass is 32.2. The molecule has 4 aromatic carbocycles. The summed E-state index contributed by atoms with van der Waals surface area (Å²) in [5.74, 6) is 1.32. The van der Waals surface area contributed by atoms with Gasteiger partial charge in [0.05, 0.1) is 21.9 Å². The molecule has 4 aromatic rings. The van der Waals surface area contributed by atoms with Crippen molar-refractivity contribution in [3.05, 3.63) is 131 Å². The second-order valence-corrected chi connectivity index (χ2v) is 27.9. The molecule has 2 unspecified atom stereocenters. The molecule has 428 valence electrons. The van der Waals surface area contributed by atoms with Crippen LogP contribution < -0.4 is 0 Å². The van der Waals surface area contributed by atoms with Crippen molar-refractivity contribution >= 4 is 31.5 Å². The van der Waals surface area contributed by atoms with Crippen LogP contribution in [0.25, 0.3) is 0 Å². The highest BCUT2D eigenvalue weighted by molar-refractivity contribution is 7.92. The normalized spacial score (nSPS) is 21.1. The van der Waals surface area contributed by atoms with E-state index in [1.807, 2.05) is 70.5 Å². The van der Waals surface area contributed by atoms with Crippen LogP contribution in [0.2, 0.25) is 0 Å². The molecule has 78 heavy (non-hydrogen) atoms. The number of halogens is 6. The first kappa shape index (κ1) is 60.9. The van der Waals surface area contributed by atoms with Crippen LogP contribution in [-0.4, -0.2) is 111 Å². The topological polar surface area (TPSA) is 115 Å². The predicted molar refractivity (Wildman–Crippen MR) is 291 cm³/mol. The Kier molecular flexibility index (Phi) is 19.4. The van der Waals surface area contributed by atoms with Crippen LogP contribution in [0.3, 0.4) is 0 Å². The van der Waals surface area contributed by atoms with Gasteiger partial charge in [0.2, 0.25) is 11.8 Å². The summed E-state index contributed by atoms with van der Waals surface area (Å²) in [5, 5.41) is 0. The molecule has 10 nitrogen and oxygen atoms in total. The zero-order valence-corrected chi connectivity index (χ0v) is 47.5. The Balaban J connectivity index is 0.000000226. The smallest absolute Gasteiger partial charge is 0.337 e. The summed E-state index contributed by atoms with van der Waals surface area (Å²) in [6.45, 7) is 16.3. The van der Waals surface area contributed by atoms with Crippen molar-refractivity contribution in [2.24, 2.45) is 22.7 Å². The first-order valence-corrected chi connectivity index (χ1v) is 30.5. The highest BCUT2D eigenvalue weighted by Crippen LogP contribution is 2.40. The minimum atomic E-state index is -5.42. The van der Waals surface area contributed by atoms with Crippen molar-refractivity contribution in [2.75, 3.05) is 39.3 Å². The maximum atomic E-state index is 13.5. The Hall–Kier alpha value is -4.78. The zero-order chi connectivity index (χ0) is 56.8. The molecular formula is C60H78F6N4O6S2. The molecule has 8 rings (SSSR count). The number of benzene rings is 4. The molecular weight excluding hydrogens is 1050 g/mol. The van der Waals surface area contributed by atoms with Crippen LogP contribution in [0.5, 0.6) is 0 Å². The van der Waals surface area contributed by atoms with Gasteiger partial charge in [0.15, 0.2) is 0 Å². The second-order valence-electron chi connectivity index (χ2n) is 24.0. The molecule has 0 spiro atoms. The third-order valence-corrected chi connectivity index (χ3v) is 19.4. The number of amides is 2. The predicted octanol–water partition coefficient (Wildman–Crippen LogP) is 13.2. The fourth-order valence-corrected chi connectivity index (χ4v) is 13.6. The maximum Gasteiger partial charge on any atom is 0.501 e.